The molecule has 1 aromatic rings. The highest BCUT2D eigenvalue weighted by Crippen LogP contribution is 2.25. The van der Waals surface area contributed by atoms with Crippen LogP contribution < -0.4 is 0 Å². The highest BCUT2D eigenvalue weighted by Gasteiger charge is 2.29. The lowest BCUT2D eigenvalue weighted by molar-refractivity contribution is 0.0514. The van der Waals surface area contributed by atoms with E-state index in [2.05, 4.69) is 13.8 Å². The van der Waals surface area contributed by atoms with E-state index < -0.39 is 0 Å². The number of likely N-dealkylation sites (tertiary alicyclic amines) is 1. The van der Waals surface area contributed by atoms with Gasteiger partial charge in [-0.2, -0.15) is 0 Å². The van der Waals surface area contributed by atoms with Crippen molar-refractivity contribution in [1.29, 1.82) is 0 Å². The van der Waals surface area contributed by atoms with Gasteiger partial charge in [0.1, 0.15) is 0 Å². The normalized spacial score (nSPS) is 23.4. The van der Waals surface area contributed by atoms with Gasteiger partial charge < -0.3 is 10.0 Å². The van der Waals surface area contributed by atoms with Crippen LogP contribution in [0.2, 0.25) is 0 Å². The van der Waals surface area contributed by atoms with Crippen LogP contribution in [-0.2, 0) is 6.42 Å². The first-order chi connectivity index (χ1) is 9.17. The average molecular weight is 261 g/mol. The fourth-order valence-electron chi connectivity index (χ4n) is 2.93. The maximum absolute atomic E-state index is 12.6. The van der Waals surface area contributed by atoms with Crippen LogP contribution in [-0.4, -0.2) is 35.1 Å². The molecule has 1 aromatic carbocycles. The predicted octanol–water partition coefficient (Wildman–Crippen LogP) is 2.48. The summed E-state index contributed by atoms with van der Waals surface area (Å²) in [6, 6.07) is 8.07. The molecule has 2 rings (SSSR count). The molecule has 1 aliphatic heterocycles. The lowest BCUT2D eigenvalue weighted by atomic mass is 9.91. The van der Waals surface area contributed by atoms with Crippen LogP contribution in [0.25, 0.3) is 0 Å². The van der Waals surface area contributed by atoms with E-state index in [1.807, 2.05) is 29.2 Å². The van der Waals surface area contributed by atoms with Crippen molar-refractivity contribution < 1.29 is 9.90 Å². The number of carbonyl (C=O) groups excluding carboxylic acids is 1. The molecule has 3 nitrogen and oxygen atoms in total. The third kappa shape index (κ3) is 2.98. The van der Waals surface area contributed by atoms with Gasteiger partial charge in [0.2, 0.25) is 0 Å². The topological polar surface area (TPSA) is 40.5 Å². The van der Waals surface area contributed by atoms with Gasteiger partial charge in [0.05, 0.1) is 0 Å². The summed E-state index contributed by atoms with van der Waals surface area (Å²) in [7, 11) is 0. The molecule has 0 spiro atoms. The molecule has 1 heterocycles. The third-order valence-corrected chi connectivity index (χ3v) is 4.13. The molecular formula is C16H23NO2. The maximum Gasteiger partial charge on any atom is 0.254 e. The minimum absolute atomic E-state index is 0.140. The molecule has 0 unspecified atom stereocenters. The van der Waals surface area contributed by atoms with Gasteiger partial charge in [-0.15, -0.1) is 0 Å². The number of aliphatic hydroxyl groups is 1. The molecule has 0 aliphatic carbocycles. The monoisotopic (exact) mass is 261 g/mol. The number of aliphatic hydroxyl groups excluding tert-OH is 1. The second-order valence-corrected chi connectivity index (χ2v) is 5.43. The number of aryl methyl sites for hydroxylation is 1. The molecule has 1 aliphatic rings. The zero-order valence-corrected chi connectivity index (χ0v) is 11.8. The first-order valence-electron chi connectivity index (χ1n) is 7.17. The third-order valence-electron chi connectivity index (χ3n) is 4.13. The van der Waals surface area contributed by atoms with Gasteiger partial charge in [0.25, 0.3) is 5.91 Å². The molecular weight excluding hydrogens is 238 g/mol. The molecule has 3 heteroatoms. The Morgan fingerprint density at radius 3 is 2.79 bits per heavy atom. The second-order valence-electron chi connectivity index (χ2n) is 5.43. The Hall–Kier alpha value is -1.35. The molecule has 0 radical (unpaired) electrons. The minimum Gasteiger partial charge on any atom is -0.396 e. The van der Waals surface area contributed by atoms with Gasteiger partial charge in [-0.1, -0.05) is 25.1 Å². The Balaban J connectivity index is 2.16. The zero-order valence-electron chi connectivity index (χ0n) is 11.8. The summed E-state index contributed by atoms with van der Waals surface area (Å²) in [6.07, 6.45) is 2.68. The average Bonchev–Trinajstić information content (AvgIpc) is 2.46. The summed E-state index contributed by atoms with van der Waals surface area (Å²) in [5.74, 6) is 0.488. The standard InChI is InChI=1S/C16H23NO2/c1-3-14-6-4-5-7-15(14)16(19)17-9-8-13(11-18)10-12(17)2/h4-7,12-13,18H,3,8-11H2,1-2H3/t12-,13-/m0/s1. The SMILES string of the molecule is CCc1ccccc1C(=O)N1CC[C@H](CO)C[C@@H]1C. The zero-order chi connectivity index (χ0) is 13.8. The van der Waals surface area contributed by atoms with Crippen molar-refractivity contribution in [2.24, 2.45) is 5.92 Å². The van der Waals surface area contributed by atoms with E-state index >= 15 is 0 Å². The first kappa shape index (κ1) is 14.1. The van der Waals surface area contributed by atoms with E-state index in [-0.39, 0.29) is 18.6 Å². The number of rotatable bonds is 3. The molecule has 2 atom stereocenters. The number of carbonyl (C=O) groups is 1. The van der Waals surface area contributed by atoms with Crippen LogP contribution in [0.3, 0.4) is 0 Å². The van der Waals surface area contributed by atoms with Crippen molar-refractivity contribution >= 4 is 5.91 Å². The van der Waals surface area contributed by atoms with E-state index in [9.17, 15) is 9.90 Å². The van der Waals surface area contributed by atoms with Gasteiger partial charge >= 0.3 is 0 Å². The number of amides is 1. The minimum atomic E-state index is 0.140. The van der Waals surface area contributed by atoms with Crippen molar-refractivity contribution in [1.82, 2.24) is 4.90 Å². The summed E-state index contributed by atoms with van der Waals surface area (Å²) < 4.78 is 0. The number of nitrogens with zero attached hydrogens (tertiary/aromatic N) is 1. The van der Waals surface area contributed by atoms with Crippen molar-refractivity contribution in [3.05, 3.63) is 35.4 Å². The largest absolute Gasteiger partial charge is 0.396 e. The summed E-state index contributed by atoms with van der Waals surface area (Å²) in [6.45, 7) is 5.14. The van der Waals surface area contributed by atoms with Gasteiger partial charge in [-0.25, -0.2) is 0 Å². The number of benzene rings is 1. The van der Waals surface area contributed by atoms with Crippen LogP contribution in [0.4, 0.5) is 0 Å². The van der Waals surface area contributed by atoms with Crippen LogP contribution in [0.15, 0.2) is 24.3 Å². The molecule has 1 saturated heterocycles. The maximum atomic E-state index is 12.6. The molecule has 0 aromatic heterocycles. The molecule has 0 saturated carbocycles. The van der Waals surface area contributed by atoms with E-state index in [4.69, 9.17) is 0 Å². The van der Waals surface area contributed by atoms with Crippen LogP contribution >= 0.6 is 0 Å². The van der Waals surface area contributed by atoms with Crippen LogP contribution in [0.1, 0.15) is 42.6 Å². The number of hydrogen-bond donors (Lipinski definition) is 1. The van der Waals surface area contributed by atoms with E-state index in [0.717, 1.165) is 36.9 Å². The first-order valence-corrected chi connectivity index (χ1v) is 7.17. The molecule has 1 N–H and O–H groups in total. The molecule has 104 valence electrons. The fraction of sp³-hybridized carbons (Fsp3) is 0.562. The summed E-state index contributed by atoms with van der Waals surface area (Å²) in [4.78, 5) is 14.6. The van der Waals surface area contributed by atoms with E-state index in [1.165, 1.54) is 0 Å². The lowest BCUT2D eigenvalue weighted by Crippen LogP contribution is -2.45. The Morgan fingerprint density at radius 2 is 2.16 bits per heavy atom. The van der Waals surface area contributed by atoms with Crippen molar-refractivity contribution in [3.8, 4) is 0 Å². The highest BCUT2D eigenvalue weighted by molar-refractivity contribution is 5.96. The van der Waals surface area contributed by atoms with Gasteiger partial charge in [0, 0.05) is 24.8 Å². The van der Waals surface area contributed by atoms with Crippen LogP contribution in [0, 0.1) is 5.92 Å². The number of piperidine rings is 1. The highest BCUT2D eigenvalue weighted by atomic mass is 16.3. The Bertz CT molecular complexity index is 444. The fourth-order valence-corrected chi connectivity index (χ4v) is 2.93. The van der Waals surface area contributed by atoms with Crippen molar-refractivity contribution in [3.63, 3.8) is 0 Å². The molecule has 1 amide bonds. The second kappa shape index (κ2) is 6.20. The lowest BCUT2D eigenvalue weighted by Gasteiger charge is -2.37. The van der Waals surface area contributed by atoms with Crippen LogP contribution in [0.5, 0.6) is 0 Å². The molecule has 19 heavy (non-hydrogen) atoms. The molecule has 0 bridgehead atoms. The van der Waals surface area contributed by atoms with Gasteiger partial charge in [-0.05, 0) is 43.7 Å². The summed E-state index contributed by atoms with van der Waals surface area (Å²) in [5, 5.41) is 9.23. The van der Waals surface area contributed by atoms with Crippen molar-refractivity contribution in [2.45, 2.75) is 39.2 Å². The summed E-state index contributed by atoms with van der Waals surface area (Å²) >= 11 is 0. The van der Waals surface area contributed by atoms with Gasteiger partial charge in [-0.3, -0.25) is 4.79 Å². The Labute approximate surface area is 115 Å². The quantitative estimate of drug-likeness (QED) is 0.908. The Kier molecular flexibility index (Phi) is 4.59. The predicted molar refractivity (Wildman–Crippen MR) is 76.1 cm³/mol. The smallest absolute Gasteiger partial charge is 0.254 e. The van der Waals surface area contributed by atoms with Crippen molar-refractivity contribution in [2.75, 3.05) is 13.2 Å². The summed E-state index contributed by atoms with van der Waals surface area (Å²) in [5.41, 5.74) is 1.95. The number of hydrogen-bond acceptors (Lipinski definition) is 2. The Morgan fingerprint density at radius 1 is 1.42 bits per heavy atom. The van der Waals surface area contributed by atoms with E-state index in [1.54, 1.807) is 0 Å². The van der Waals surface area contributed by atoms with E-state index in [0.29, 0.717) is 5.92 Å². The van der Waals surface area contributed by atoms with Gasteiger partial charge in [0.15, 0.2) is 0 Å². The molecule has 1 fully saturated rings.